The topological polar surface area (TPSA) is 57.0 Å². The van der Waals surface area contributed by atoms with E-state index in [1.54, 1.807) is 24.5 Å². The lowest BCUT2D eigenvalue weighted by atomic mass is 9.74. The summed E-state index contributed by atoms with van der Waals surface area (Å²) in [4.78, 5) is 18.2. The van der Waals surface area contributed by atoms with Crippen LogP contribution in [0.2, 0.25) is 0 Å². The standard InChI is InChI=1S/C18H17N3O/c19-14-18(16-6-2-1-3-7-16)8-11-21(12-9-18)17(22)15-5-4-10-20-13-15/h1-7,10,13H,8-9,11-12H2. The van der Waals surface area contributed by atoms with Gasteiger partial charge in [-0.15, -0.1) is 0 Å². The summed E-state index contributed by atoms with van der Waals surface area (Å²) in [6.45, 7) is 1.19. The fraction of sp³-hybridized carbons (Fsp3) is 0.278. The van der Waals surface area contributed by atoms with Crippen LogP contribution in [-0.2, 0) is 5.41 Å². The second kappa shape index (κ2) is 5.98. The molecule has 0 unspecified atom stereocenters. The molecule has 2 aromatic rings. The largest absolute Gasteiger partial charge is 0.338 e. The number of nitriles is 1. The highest BCUT2D eigenvalue weighted by Gasteiger charge is 2.37. The van der Waals surface area contributed by atoms with Crippen molar-refractivity contribution in [2.24, 2.45) is 0 Å². The number of pyridine rings is 1. The summed E-state index contributed by atoms with van der Waals surface area (Å²) in [6, 6.07) is 15.9. The maximum absolute atomic E-state index is 12.4. The number of rotatable bonds is 2. The third kappa shape index (κ3) is 2.58. The van der Waals surface area contributed by atoms with Crippen molar-refractivity contribution >= 4 is 5.91 Å². The van der Waals surface area contributed by atoms with Crippen LogP contribution in [0, 0.1) is 11.3 Å². The number of hydrogen-bond acceptors (Lipinski definition) is 3. The van der Waals surface area contributed by atoms with Crippen LogP contribution >= 0.6 is 0 Å². The Morgan fingerprint density at radius 2 is 1.86 bits per heavy atom. The molecule has 4 nitrogen and oxygen atoms in total. The maximum Gasteiger partial charge on any atom is 0.255 e. The molecule has 22 heavy (non-hydrogen) atoms. The lowest BCUT2D eigenvalue weighted by Crippen LogP contribution is -2.44. The molecule has 0 N–H and O–H groups in total. The third-order valence-corrected chi connectivity index (χ3v) is 4.35. The predicted molar refractivity (Wildman–Crippen MR) is 83.1 cm³/mol. The maximum atomic E-state index is 12.4. The molecule has 1 aliphatic rings. The minimum absolute atomic E-state index is 0.00676. The van der Waals surface area contributed by atoms with Gasteiger partial charge in [-0.3, -0.25) is 9.78 Å². The Bertz CT molecular complexity index is 683. The number of hydrogen-bond donors (Lipinski definition) is 0. The third-order valence-electron chi connectivity index (χ3n) is 4.35. The molecule has 0 spiro atoms. The van der Waals surface area contributed by atoms with Gasteiger partial charge in [0.05, 0.1) is 17.0 Å². The summed E-state index contributed by atoms with van der Waals surface area (Å²) < 4.78 is 0. The van der Waals surface area contributed by atoms with Gasteiger partial charge in [0.1, 0.15) is 0 Å². The summed E-state index contributed by atoms with van der Waals surface area (Å²) in [7, 11) is 0. The van der Waals surface area contributed by atoms with E-state index in [2.05, 4.69) is 11.1 Å². The molecule has 1 aromatic heterocycles. The van der Waals surface area contributed by atoms with Crippen LogP contribution in [-0.4, -0.2) is 28.9 Å². The minimum Gasteiger partial charge on any atom is -0.338 e. The van der Waals surface area contributed by atoms with Crippen molar-refractivity contribution in [3.05, 3.63) is 66.0 Å². The van der Waals surface area contributed by atoms with Crippen molar-refractivity contribution in [2.75, 3.05) is 13.1 Å². The van der Waals surface area contributed by atoms with E-state index in [-0.39, 0.29) is 5.91 Å². The van der Waals surface area contributed by atoms with Crippen molar-refractivity contribution in [3.63, 3.8) is 0 Å². The number of carbonyl (C=O) groups is 1. The Hall–Kier alpha value is -2.67. The summed E-state index contributed by atoms with van der Waals surface area (Å²) in [6.07, 6.45) is 4.58. The highest BCUT2D eigenvalue weighted by atomic mass is 16.2. The van der Waals surface area contributed by atoms with Crippen LogP contribution in [0.1, 0.15) is 28.8 Å². The molecule has 0 aliphatic carbocycles. The molecule has 1 fully saturated rings. The molecular formula is C18H17N3O. The van der Waals surface area contributed by atoms with Crippen LogP contribution in [0.25, 0.3) is 0 Å². The van der Waals surface area contributed by atoms with Gasteiger partial charge >= 0.3 is 0 Å². The second-order valence-corrected chi connectivity index (χ2v) is 5.59. The van der Waals surface area contributed by atoms with Gasteiger partial charge in [-0.2, -0.15) is 5.26 Å². The SMILES string of the molecule is N#CC1(c2ccccc2)CCN(C(=O)c2cccnc2)CC1. The van der Waals surface area contributed by atoms with E-state index >= 15 is 0 Å². The zero-order valence-corrected chi connectivity index (χ0v) is 12.3. The van der Waals surface area contributed by atoms with Gasteiger partial charge in [-0.25, -0.2) is 0 Å². The molecule has 1 amide bonds. The number of benzene rings is 1. The van der Waals surface area contributed by atoms with Crippen molar-refractivity contribution in [1.29, 1.82) is 5.26 Å². The lowest BCUT2D eigenvalue weighted by molar-refractivity contribution is 0.0691. The van der Waals surface area contributed by atoms with E-state index in [1.807, 2.05) is 35.2 Å². The van der Waals surface area contributed by atoms with E-state index in [9.17, 15) is 10.1 Å². The summed E-state index contributed by atoms with van der Waals surface area (Å²) in [5.41, 5.74) is 1.17. The molecule has 1 aromatic carbocycles. The molecule has 3 rings (SSSR count). The predicted octanol–water partition coefficient (Wildman–Crippen LogP) is 2.78. The van der Waals surface area contributed by atoms with E-state index in [4.69, 9.17) is 0 Å². The minimum atomic E-state index is -0.479. The molecule has 1 aliphatic heterocycles. The van der Waals surface area contributed by atoms with Crippen molar-refractivity contribution in [3.8, 4) is 6.07 Å². The second-order valence-electron chi connectivity index (χ2n) is 5.59. The molecule has 4 heteroatoms. The summed E-state index contributed by atoms with van der Waals surface area (Å²) in [5.74, 6) is -0.00676. The number of aromatic nitrogens is 1. The Kier molecular flexibility index (Phi) is 3.88. The quantitative estimate of drug-likeness (QED) is 0.855. The first-order chi connectivity index (χ1) is 10.7. The van der Waals surface area contributed by atoms with Crippen LogP contribution in [0.4, 0.5) is 0 Å². The van der Waals surface area contributed by atoms with E-state index < -0.39 is 5.41 Å². The first kappa shape index (κ1) is 14.3. The van der Waals surface area contributed by atoms with E-state index in [0.717, 1.165) is 5.56 Å². The van der Waals surface area contributed by atoms with E-state index in [0.29, 0.717) is 31.5 Å². The van der Waals surface area contributed by atoms with Crippen molar-refractivity contribution < 1.29 is 4.79 Å². The Labute approximate surface area is 130 Å². The summed E-state index contributed by atoms with van der Waals surface area (Å²) >= 11 is 0. The van der Waals surface area contributed by atoms with Crippen LogP contribution in [0.15, 0.2) is 54.9 Å². The number of amides is 1. The molecule has 0 saturated carbocycles. The monoisotopic (exact) mass is 291 g/mol. The Balaban J connectivity index is 1.75. The van der Waals surface area contributed by atoms with Gasteiger partial charge in [0.2, 0.25) is 0 Å². The normalized spacial score (nSPS) is 16.8. The van der Waals surface area contributed by atoms with Crippen LogP contribution in [0.3, 0.4) is 0 Å². The Morgan fingerprint density at radius 1 is 1.14 bits per heavy atom. The van der Waals surface area contributed by atoms with Crippen LogP contribution in [0.5, 0.6) is 0 Å². The van der Waals surface area contributed by atoms with Gasteiger partial charge in [0.15, 0.2) is 0 Å². The molecule has 0 atom stereocenters. The fourth-order valence-electron chi connectivity index (χ4n) is 2.99. The summed E-state index contributed by atoms with van der Waals surface area (Å²) in [5, 5.41) is 9.67. The molecule has 110 valence electrons. The number of likely N-dealkylation sites (tertiary alicyclic amines) is 1. The zero-order chi connectivity index (χ0) is 15.4. The number of carbonyl (C=O) groups excluding carboxylic acids is 1. The number of piperidine rings is 1. The first-order valence-corrected chi connectivity index (χ1v) is 7.41. The molecule has 1 saturated heterocycles. The van der Waals surface area contributed by atoms with Crippen molar-refractivity contribution in [1.82, 2.24) is 9.88 Å². The molecular weight excluding hydrogens is 274 g/mol. The van der Waals surface area contributed by atoms with Gasteiger partial charge in [-0.05, 0) is 30.5 Å². The zero-order valence-electron chi connectivity index (χ0n) is 12.3. The molecule has 0 bridgehead atoms. The van der Waals surface area contributed by atoms with Gasteiger partial charge in [-0.1, -0.05) is 30.3 Å². The first-order valence-electron chi connectivity index (χ1n) is 7.41. The molecule has 2 heterocycles. The van der Waals surface area contributed by atoms with Gasteiger partial charge in [0, 0.05) is 25.5 Å². The highest BCUT2D eigenvalue weighted by Crippen LogP contribution is 2.35. The fourth-order valence-corrected chi connectivity index (χ4v) is 2.99. The number of nitrogens with zero attached hydrogens (tertiary/aromatic N) is 3. The highest BCUT2D eigenvalue weighted by molar-refractivity contribution is 5.93. The van der Waals surface area contributed by atoms with Gasteiger partial charge in [0.25, 0.3) is 5.91 Å². The van der Waals surface area contributed by atoms with Gasteiger partial charge < -0.3 is 4.90 Å². The smallest absolute Gasteiger partial charge is 0.255 e. The average Bonchev–Trinajstić information content (AvgIpc) is 2.63. The van der Waals surface area contributed by atoms with Crippen molar-refractivity contribution in [2.45, 2.75) is 18.3 Å². The molecule has 0 radical (unpaired) electrons. The Morgan fingerprint density at radius 3 is 2.45 bits per heavy atom. The van der Waals surface area contributed by atoms with E-state index in [1.165, 1.54) is 0 Å². The lowest BCUT2D eigenvalue weighted by Gasteiger charge is -2.37. The van der Waals surface area contributed by atoms with Crippen LogP contribution < -0.4 is 0 Å². The average molecular weight is 291 g/mol.